The summed E-state index contributed by atoms with van der Waals surface area (Å²) >= 11 is 0. The molecule has 0 aliphatic carbocycles. The zero-order chi connectivity index (χ0) is 11.4. The largest absolute Gasteiger partial charge is 0.391 e. The molecule has 1 aliphatic rings. The predicted molar refractivity (Wildman–Crippen MR) is 60.1 cm³/mol. The van der Waals surface area contributed by atoms with Gasteiger partial charge in [-0.25, -0.2) is 9.78 Å². The number of nitrogens with one attached hydrogen (secondary N) is 1. The zero-order valence-electron chi connectivity index (χ0n) is 8.97. The van der Waals surface area contributed by atoms with Gasteiger partial charge >= 0.3 is 6.03 Å². The molecular weight excluding hydrogens is 206 g/mol. The van der Waals surface area contributed by atoms with Crippen molar-refractivity contribution in [2.75, 3.05) is 18.4 Å². The van der Waals surface area contributed by atoms with Crippen LogP contribution in [-0.2, 0) is 0 Å². The predicted octanol–water partition coefficient (Wildman–Crippen LogP) is 1.07. The molecule has 2 rings (SSSR count). The minimum Gasteiger partial charge on any atom is -0.391 e. The fourth-order valence-corrected chi connectivity index (χ4v) is 1.76. The highest BCUT2D eigenvalue weighted by molar-refractivity contribution is 5.88. The van der Waals surface area contributed by atoms with E-state index in [4.69, 9.17) is 0 Å². The summed E-state index contributed by atoms with van der Waals surface area (Å²) < 4.78 is 0. The van der Waals surface area contributed by atoms with Crippen molar-refractivity contribution in [1.82, 2.24) is 9.88 Å². The number of anilines is 1. The third kappa shape index (κ3) is 2.70. The summed E-state index contributed by atoms with van der Waals surface area (Å²) in [5, 5.41) is 12.2. The van der Waals surface area contributed by atoms with E-state index in [0.29, 0.717) is 18.9 Å². The highest BCUT2D eigenvalue weighted by Crippen LogP contribution is 2.11. The van der Waals surface area contributed by atoms with Gasteiger partial charge in [-0.05, 0) is 25.0 Å². The molecule has 16 heavy (non-hydrogen) atoms. The maximum Gasteiger partial charge on any atom is 0.323 e. The molecule has 5 heteroatoms. The van der Waals surface area contributed by atoms with Gasteiger partial charge in [0.15, 0.2) is 0 Å². The smallest absolute Gasteiger partial charge is 0.323 e. The van der Waals surface area contributed by atoms with Crippen molar-refractivity contribution < 1.29 is 9.90 Å². The van der Waals surface area contributed by atoms with Crippen LogP contribution in [0.5, 0.6) is 0 Å². The fourth-order valence-electron chi connectivity index (χ4n) is 1.76. The molecule has 5 nitrogen and oxygen atoms in total. The van der Waals surface area contributed by atoms with Gasteiger partial charge in [-0.1, -0.05) is 6.07 Å². The lowest BCUT2D eigenvalue weighted by molar-refractivity contribution is 0.0883. The molecule has 2 amide bonds. The summed E-state index contributed by atoms with van der Waals surface area (Å²) in [6.07, 6.45) is 2.84. The molecule has 1 aromatic heterocycles. The standard InChI is InChI=1S/C11H15N3O2/c15-9-4-3-7-14(8-9)11(16)13-10-5-1-2-6-12-10/h1-2,5-6,9,15H,3-4,7-8H2,(H,12,13,16). The molecule has 0 aromatic carbocycles. The number of hydrogen-bond donors (Lipinski definition) is 2. The van der Waals surface area contributed by atoms with E-state index in [2.05, 4.69) is 10.3 Å². The fraction of sp³-hybridized carbons (Fsp3) is 0.455. The number of aromatic nitrogens is 1. The molecule has 1 aliphatic heterocycles. The number of piperidine rings is 1. The van der Waals surface area contributed by atoms with Crippen molar-refractivity contribution in [3.63, 3.8) is 0 Å². The Labute approximate surface area is 94.1 Å². The first-order valence-electron chi connectivity index (χ1n) is 5.41. The van der Waals surface area contributed by atoms with Gasteiger partial charge in [0.1, 0.15) is 5.82 Å². The van der Waals surface area contributed by atoms with Gasteiger partial charge in [-0.3, -0.25) is 5.32 Å². The molecule has 1 unspecified atom stereocenters. The monoisotopic (exact) mass is 221 g/mol. The molecule has 86 valence electrons. The van der Waals surface area contributed by atoms with Crippen molar-refractivity contribution in [2.24, 2.45) is 0 Å². The van der Waals surface area contributed by atoms with E-state index in [9.17, 15) is 9.90 Å². The van der Waals surface area contributed by atoms with Gasteiger partial charge in [-0.2, -0.15) is 0 Å². The third-order valence-corrected chi connectivity index (χ3v) is 2.58. The van der Waals surface area contributed by atoms with Gasteiger partial charge in [0.25, 0.3) is 0 Å². The number of pyridine rings is 1. The Balaban J connectivity index is 1.93. The maximum atomic E-state index is 11.8. The number of urea groups is 1. The summed E-state index contributed by atoms with van der Waals surface area (Å²) in [6, 6.07) is 5.14. The van der Waals surface area contributed by atoms with Crippen LogP contribution in [0.1, 0.15) is 12.8 Å². The third-order valence-electron chi connectivity index (χ3n) is 2.58. The Kier molecular flexibility index (Phi) is 3.36. The first kappa shape index (κ1) is 10.9. The highest BCUT2D eigenvalue weighted by atomic mass is 16.3. The summed E-state index contributed by atoms with van der Waals surface area (Å²) in [4.78, 5) is 17.4. The number of amides is 2. The zero-order valence-corrected chi connectivity index (χ0v) is 8.97. The van der Waals surface area contributed by atoms with Crippen LogP contribution >= 0.6 is 0 Å². The molecule has 0 spiro atoms. The van der Waals surface area contributed by atoms with Crippen LogP contribution in [0.2, 0.25) is 0 Å². The average Bonchev–Trinajstić information content (AvgIpc) is 2.30. The van der Waals surface area contributed by atoms with Gasteiger partial charge in [-0.15, -0.1) is 0 Å². The van der Waals surface area contributed by atoms with Crippen molar-refractivity contribution in [3.05, 3.63) is 24.4 Å². The van der Waals surface area contributed by atoms with Crippen LogP contribution in [0.3, 0.4) is 0 Å². The summed E-state index contributed by atoms with van der Waals surface area (Å²) in [6.45, 7) is 1.09. The number of aliphatic hydroxyl groups is 1. The number of aliphatic hydroxyl groups excluding tert-OH is 1. The van der Waals surface area contributed by atoms with E-state index in [-0.39, 0.29) is 6.03 Å². The lowest BCUT2D eigenvalue weighted by Crippen LogP contribution is -2.44. The Morgan fingerprint density at radius 3 is 3.12 bits per heavy atom. The molecule has 0 radical (unpaired) electrons. The summed E-state index contributed by atoms with van der Waals surface area (Å²) in [5.41, 5.74) is 0. The van der Waals surface area contributed by atoms with Crippen molar-refractivity contribution >= 4 is 11.8 Å². The topological polar surface area (TPSA) is 65.5 Å². The SMILES string of the molecule is O=C(Nc1ccccn1)N1CCCC(O)C1. The highest BCUT2D eigenvalue weighted by Gasteiger charge is 2.21. The van der Waals surface area contributed by atoms with E-state index in [0.717, 1.165) is 12.8 Å². The average molecular weight is 221 g/mol. The van der Waals surface area contributed by atoms with E-state index < -0.39 is 6.10 Å². The second-order valence-electron chi connectivity index (χ2n) is 3.89. The first-order valence-corrected chi connectivity index (χ1v) is 5.41. The molecule has 1 saturated heterocycles. The molecule has 1 aromatic rings. The lowest BCUT2D eigenvalue weighted by atomic mass is 10.1. The van der Waals surface area contributed by atoms with E-state index in [1.807, 2.05) is 6.07 Å². The molecule has 2 heterocycles. The summed E-state index contributed by atoms with van der Waals surface area (Å²) in [5.74, 6) is 0.535. The molecule has 2 N–H and O–H groups in total. The first-order chi connectivity index (χ1) is 7.75. The van der Waals surface area contributed by atoms with Crippen LogP contribution in [0.4, 0.5) is 10.6 Å². The second-order valence-corrected chi connectivity index (χ2v) is 3.89. The van der Waals surface area contributed by atoms with E-state index >= 15 is 0 Å². The number of nitrogens with zero attached hydrogens (tertiary/aromatic N) is 2. The Morgan fingerprint density at radius 2 is 2.44 bits per heavy atom. The van der Waals surface area contributed by atoms with Crippen molar-refractivity contribution in [1.29, 1.82) is 0 Å². The maximum absolute atomic E-state index is 11.8. The molecule has 0 bridgehead atoms. The van der Waals surface area contributed by atoms with Crippen LogP contribution < -0.4 is 5.32 Å². The number of likely N-dealkylation sites (tertiary alicyclic amines) is 1. The Hall–Kier alpha value is -1.62. The lowest BCUT2D eigenvalue weighted by Gasteiger charge is -2.29. The van der Waals surface area contributed by atoms with Gasteiger partial charge < -0.3 is 10.0 Å². The summed E-state index contributed by atoms with van der Waals surface area (Å²) in [7, 11) is 0. The minimum absolute atomic E-state index is 0.197. The van der Waals surface area contributed by atoms with Crippen molar-refractivity contribution in [2.45, 2.75) is 18.9 Å². The Morgan fingerprint density at radius 1 is 1.56 bits per heavy atom. The number of carbonyl (C=O) groups excluding carboxylic acids is 1. The normalized spacial score (nSPS) is 20.6. The molecule has 1 atom stereocenters. The number of carbonyl (C=O) groups is 1. The van der Waals surface area contributed by atoms with E-state index in [1.54, 1.807) is 23.2 Å². The minimum atomic E-state index is -0.400. The molecule has 1 fully saturated rings. The van der Waals surface area contributed by atoms with Gasteiger partial charge in [0.05, 0.1) is 6.10 Å². The number of β-amino-alcohol motifs (C(OH)–C–C–N with tert-alkyl or cyclic N) is 1. The van der Waals surface area contributed by atoms with Crippen LogP contribution in [0.15, 0.2) is 24.4 Å². The van der Waals surface area contributed by atoms with Gasteiger partial charge in [0, 0.05) is 19.3 Å². The molecule has 0 saturated carbocycles. The van der Waals surface area contributed by atoms with Crippen LogP contribution in [0.25, 0.3) is 0 Å². The second kappa shape index (κ2) is 4.94. The van der Waals surface area contributed by atoms with Crippen LogP contribution in [0, 0.1) is 0 Å². The Bertz CT molecular complexity index is 356. The van der Waals surface area contributed by atoms with Crippen molar-refractivity contribution in [3.8, 4) is 0 Å². The molecular formula is C11H15N3O2. The number of rotatable bonds is 1. The van der Waals surface area contributed by atoms with Gasteiger partial charge in [0.2, 0.25) is 0 Å². The number of hydrogen-bond acceptors (Lipinski definition) is 3. The van der Waals surface area contributed by atoms with Crippen LogP contribution in [-0.4, -0.2) is 40.2 Å². The van der Waals surface area contributed by atoms with E-state index in [1.165, 1.54) is 0 Å². The quantitative estimate of drug-likeness (QED) is 0.745.